The van der Waals surface area contributed by atoms with Crippen LogP contribution in [-0.2, 0) is 20.7 Å². The van der Waals surface area contributed by atoms with Crippen LogP contribution in [0.4, 0.5) is 0 Å². The standard InChI is InChI=1S/C16H17NO4/c1-4-21-16(19)14-10(2)17-12(15(14)18)9-11-7-5-6-8-13(11)20-3/h5-8H,4,9H2,1-3H3. The molecule has 2 rings (SSSR count). The number of aliphatic imine (C=N–C) groups is 1. The maximum atomic E-state index is 12.3. The van der Waals surface area contributed by atoms with Crippen LogP contribution in [0.1, 0.15) is 19.4 Å². The van der Waals surface area contributed by atoms with Crippen LogP contribution in [0.25, 0.3) is 0 Å². The molecule has 110 valence electrons. The van der Waals surface area contributed by atoms with Crippen molar-refractivity contribution in [3.8, 4) is 5.75 Å². The highest BCUT2D eigenvalue weighted by molar-refractivity contribution is 6.53. The number of ketones is 1. The van der Waals surface area contributed by atoms with E-state index in [1.165, 1.54) is 0 Å². The molecule has 0 atom stereocenters. The second kappa shape index (κ2) is 6.35. The average molecular weight is 287 g/mol. The van der Waals surface area contributed by atoms with Gasteiger partial charge < -0.3 is 9.47 Å². The van der Waals surface area contributed by atoms with E-state index in [2.05, 4.69) is 4.99 Å². The van der Waals surface area contributed by atoms with E-state index in [0.29, 0.717) is 23.6 Å². The third-order valence-corrected chi connectivity index (χ3v) is 3.18. The van der Waals surface area contributed by atoms with Crippen LogP contribution >= 0.6 is 0 Å². The van der Waals surface area contributed by atoms with Crippen molar-refractivity contribution in [1.29, 1.82) is 0 Å². The Hall–Kier alpha value is -2.43. The average Bonchev–Trinajstić information content (AvgIpc) is 2.74. The second-order valence-corrected chi connectivity index (χ2v) is 4.56. The molecule has 5 heteroatoms. The van der Waals surface area contributed by atoms with E-state index in [4.69, 9.17) is 9.47 Å². The van der Waals surface area contributed by atoms with Crippen molar-refractivity contribution in [2.45, 2.75) is 20.3 Å². The summed E-state index contributed by atoms with van der Waals surface area (Å²) in [6.07, 6.45) is 0.323. The topological polar surface area (TPSA) is 65.0 Å². The highest BCUT2D eigenvalue weighted by Crippen LogP contribution is 2.23. The number of ether oxygens (including phenoxy) is 2. The van der Waals surface area contributed by atoms with Crippen LogP contribution < -0.4 is 4.74 Å². The van der Waals surface area contributed by atoms with Gasteiger partial charge in [0.05, 0.1) is 25.1 Å². The van der Waals surface area contributed by atoms with Gasteiger partial charge in [-0.2, -0.15) is 0 Å². The first-order chi connectivity index (χ1) is 10.1. The van der Waals surface area contributed by atoms with Gasteiger partial charge in [0.25, 0.3) is 0 Å². The lowest BCUT2D eigenvalue weighted by Crippen LogP contribution is -2.21. The van der Waals surface area contributed by atoms with Crippen LogP contribution in [0.5, 0.6) is 5.75 Å². The van der Waals surface area contributed by atoms with E-state index in [0.717, 1.165) is 5.56 Å². The number of carbonyl (C=O) groups is 2. The van der Waals surface area contributed by atoms with Gasteiger partial charge in [-0.3, -0.25) is 9.79 Å². The Morgan fingerprint density at radius 3 is 2.67 bits per heavy atom. The first-order valence-corrected chi connectivity index (χ1v) is 6.70. The summed E-state index contributed by atoms with van der Waals surface area (Å²) in [4.78, 5) is 28.3. The quantitative estimate of drug-likeness (QED) is 0.614. The SMILES string of the molecule is CCOC(=O)C1=C(C)N=C(Cc2ccccc2OC)C1=O. The molecule has 1 aliphatic heterocycles. The zero-order chi connectivity index (χ0) is 15.4. The van der Waals surface area contributed by atoms with Gasteiger partial charge in [-0.25, -0.2) is 4.79 Å². The molecule has 0 amide bonds. The minimum Gasteiger partial charge on any atom is -0.496 e. The summed E-state index contributed by atoms with van der Waals surface area (Å²) >= 11 is 0. The van der Waals surface area contributed by atoms with Crippen molar-refractivity contribution >= 4 is 17.5 Å². The first-order valence-electron chi connectivity index (χ1n) is 6.70. The predicted octanol–water partition coefficient (Wildman–Crippen LogP) is 2.10. The van der Waals surface area contributed by atoms with E-state index in [9.17, 15) is 9.59 Å². The first kappa shape index (κ1) is 15.0. The number of esters is 1. The molecule has 1 aliphatic rings. The monoisotopic (exact) mass is 287 g/mol. The number of allylic oxidation sites excluding steroid dienone is 1. The molecule has 1 aromatic rings. The summed E-state index contributed by atoms with van der Waals surface area (Å²) in [5.41, 5.74) is 1.62. The summed E-state index contributed by atoms with van der Waals surface area (Å²) in [6.45, 7) is 3.56. The third kappa shape index (κ3) is 3.02. The highest BCUT2D eigenvalue weighted by atomic mass is 16.5. The molecule has 0 aromatic heterocycles. The number of hydrogen-bond acceptors (Lipinski definition) is 5. The Kier molecular flexibility index (Phi) is 4.52. The number of carbonyl (C=O) groups excluding carboxylic acids is 2. The Labute approximate surface area is 123 Å². The molecule has 5 nitrogen and oxygen atoms in total. The molecule has 0 unspecified atom stereocenters. The largest absolute Gasteiger partial charge is 0.496 e. The van der Waals surface area contributed by atoms with Gasteiger partial charge in [0, 0.05) is 12.0 Å². The zero-order valence-electron chi connectivity index (χ0n) is 12.3. The van der Waals surface area contributed by atoms with Gasteiger partial charge in [0.1, 0.15) is 11.3 Å². The number of methoxy groups -OCH3 is 1. The number of nitrogens with zero attached hydrogens (tertiary/aromatic N) is 1. The lowest BCUT2D eigenvalue weighted by molar-refractivity contribution is -0.139. The molecule has 0 spiro atoms. The zero-order valence-corrected chi connectivity index (χ0v) is 12.3. The van der Waals surface area contributed by atoms with E-state index in [-0.39, 0.29) is 18.0 Å². The normalized spacial score (nSPS) is 14.2. The number of para-hydroxylation sites is 1. The van der Waals surface area contributed by atoms with E-state index in [1.807, 2.05) is 24.3 Å². The van der Waals surface area contributed by atoms with E-state index in [1.54, 1.807) is 21.0 Å². The number of rotatable bonds is 5. The van der Waals surface area contributed by atoms with Crippen molar-refractivity contribution in [3.05, 3.63) is 41.1 Å². The lowest BCUT2D eigenvalue weighted by Gasteiger charge is -2.07. The van der Waals surface area contributed by atoms with Crippen LogP contribution in [0.2, 0.25) is 0 Å². The van der Waals surface area contributed by atoms with Crippen LogP contribution in [0.3, 0.4) is 0 Å². The van der Waals surface area contributed by atoms with Crippen LogP contribution in [0.15, 0.2) is 40.5 Å². The molecule has 0 aliphatic carbocycles. The molecule has 1 aromatic carbocycles. The molecule has 0 radical (unpaired) electrons. The summed E-state index contributed by atoms with van der Waals surface area (Å²) in [6, 6.07) is 7.41. The number of hydrogen-bond donors (Lipinski definition) is 0. The molecule has 0 fully saturated rings. The Morgan fingerprint density at radius 2 is 2.00 bits per heavy atom. The fourth-order valence-corrected chi connectivity index (χ4v) is 2.21. The van der Waals surface area contributed by atoms with Crippen molar-refractivity contribution in [2.24, 2.45) is 4.99 Å². The van der Waals surface area contributed by atoms with Crippen LogP contribution in [-0.4, -0.2) is 31.2 Å². The van der Waals surface area contributed by atoms with Gasteiger partial charge in [0.15, 0.2) is 0 Å². The number of benzene rings is 1. The van der Waals surface area contributed by atoms with Gasteiger partial charge >= 0.3 is 5.97 Å². The van der Waals surface area contributed by atoms with E-state index < -0.39 is 5.97 Å². The van der Waals surface area contributed by atoms with Crippen molar-refractivity contribution in [1.82, 2.24) is 0 Å². The fourth-order valence-electron chi connectivity index (χ4n) is 2.21. The lowest BCUT2D eigenvalue weighted by atomic mass is 10.0. The Balaban J connectivity index is 2.20. The summed E-state index contributed by atoms with van der Waals surface area (Å²) in [5, 5.41) is 0. The van der Waals surface area contributed by atoms with Gasteiger partial charge in [0.2, 0.25) is 5.78 Å². The maximum absolute atomic E-state index is 12.3. The van der Waals surface area contributed by atoms with Gasteiger partial charge in [-0.1, -0.05) is 18.2 Å². The maximum Gasteiger partial charge on any atom is 0.344 e. The fraction of sp³-hybridized carbons (Fsp3) is 0.312. The molecular formula is C16H17NO4. The number of Topliss-reactive ketones (excluding diaryl/α,β-unsaturated/α-hetero) is 1. The van der Waals surface area contributed by atoms with Crippen molar-refractivity contribution in [2.75, 3.05) is 13.7 Å². The Morgan fingerprint density at radius 1 is 1.29 bits per heavy atom. The smallest absolute Gasteiger partial charge is 0.344 e. The molecule has 21 heavy (non-hydrogen) atoms. The van der Waals surface area contributed by atoms with Crippen molar-refractivity contribution in [3.63, 3.8) is 0 Å². The molecule has 1 heterocycles. The molecule has 0 N–H and O–H groups in total. The Bertz CT molecular complexity index is 643. The summed E-state index contributed by atoms with van der Waals surface area (Å²) in [5.74, 6) is -0.286. The third-order valence-electron chi connectivity index (χ3n) is 3.18. The van der Waals surface area contributed by atoms with Gasteiger partial charge in [-0.05, 0) is 19.9 Å². The second-order valence-electron chi connectivity index (χ2n) is 4.56. The predicted molar refractivity (Wildman–Crippen MR) is 78.5 cm³/mol. The summed E-state index contributed by atoms with van der Waals surface area (Å²) in [7, 11) is 1.57. The highest BCUT2D eigenvalue weighted by Gasteiger charge is 2.32. The molecule has 0 saturated heterocycles. The minimum atomic E-state index is -0.612. The molecule has 0 bridgehead atoms. The van der Waals surface area contributed by atoms with Gasteiger partial charge in [-0.15, -0.1) is 0 Å². The summed E-state index contributed by atoms with van der Waals surface area (Å²) < 4.78 is 10.2. The van der Waals surface area contributed by atoms with Crippen molar-refractivity contribution < 1.29 is 19.1 Å². The molecule has 0 saturated carbocycles. The molecular weight excluding hydrogens is 270 g/mol. The minimum absolute atomic E-state index is 0.0294. The van der Waals surface area contributed by atoms with Crippen LogP contribution in [0, 0.1) is 0 Å². The van der Waals surface area contributed by atoms with E-state index >= 15 is 0 Å².